The molecule has 0 aromatic heterocycles. The van der Waals surface area contributed by atoms with Crippen molar-refractivity contribution in [2.75, 3.05) is 0 Å². The number of aliphatic hydroxyl groups excluding tert-OH is 1. The van der Waals surface area contributed by atoms with Crippen LogP contribution in [0.15, 0.2) is 53.4 Å². The van der Waals surface area contributed by atoms with E-state index in [1.165, 1.54) is 11.1 Å². The summed E-state index contributed by atoms with van der Waals surface area (Å²) in [6.45, 7) is 0.0429. The molecular formula is C18H19NO3S. The van der Waals surface area contributed by atoms with E-state index in [1.54, 1.807) is 12.1 Å². The van der Waals surface area contributed by atoms with Crippen molar-refractivity contribution in [1.82, 2.24) is 0 Å². The lowest BCUT2D eigenvalue weighted by Crippen LogP contribution is -2.11. The van der Waals surface area contributed by atoms with Crippen molar-refractivity contribution in [2.45, 2.75) is 30.8 Å². The molecule has 3 N–H and O–H groups in total. The molecule has 120 valence electrons. The Morgan fingerprint density at radius 1 is 0.870 bits per heavy atom. The SMILES string of the molecule is NS(=O)(=O)c1ccc(C2=C(c3ccc(CO)cc3)CCC2)cc1. The van der Waals surface area contributed by atoms with Crippen molar-refractivity contribution >= 4 is 21.2 Å². The highest BCUT2D eigenvalue weighted by atomic mass is 32.2. The minimum atomic E-state index is -3.66. The Hall–Kier alpha value is -1.95. The number of nitrogens with two attached hydrogens (primary N) is 1. The Balaban J connectivity index is 1.98. The number of primary sulfonamides is 1. The van der Waals surface area contributed by atoms with Gasteiger partial charge in [-0.2, -0.15) is 0 Å². The van der Waals surface area contributed by atoms with Crippen molar-refractivity contribution in [3.05, 3.63) is 65.2 Å². The molecule has 0 atom stereocenters. The summed E-state index contributed by atoms with van der Waals surface area (Å²) in [5, 5.41) is 14.3. The predicted octanol–water partition coefficient (Wildman–Crippen LogP) is 2.92. The molecule has 2 aromatic carbocycles. The largest absolute Gasteiger partial charge is 0.392 e. The van der Waals surface area contributed by atoms with Gasteiger partial charge in [-0.3, -0.25) is 0 Å². The van der Waals surface area contributed by atoms with Gasteiger partial charge in [0.2, 0.25) is 10.0 Å². The average Bonchev–Trinajstić information content (AvgIpc) is 3.04. The summed E-state index contributed by atoms with van der Waals surface area (Å²) in [4.78, 5) is 0.133. The topological polar surface area (TPSA) is 80.4 Å². The van der Waals surface area contributed by atoms with Crippen LogP contribution < -0.4 is 5.14 Å². The van der Waals surface area contributed by atoms with E-state index in [9.17, 15) is 8.42 Å². The molecule has 0 saturated carbocycles. The molecular weight excluding hydrogens is 310 g/mol. The maximum atomic E-state index is 11.4. The predicted molar refractivity (Wildman–Crippen MR) is 90.8 cm³/mol. The minimum absolute atomic E-state index is 0.0429. The van der Waals surface area contributed by atoms with Crippen molar-refractivity contribution in [1.29, 1.82) is 0 Å². The number of hydrogen-bond acceptors (Lipinski definition) is 3. The molecule has 0 amide bonds. The van der Waals surface area contributed by atoms with Crippen LogP contribution in [0.5, 0.6) is 0 Å². The van der Waals surface area contributed by atoms with E-state index >= 15 is 0 Å². The number of allylic oxidation sites excluding steroid dienone is 2. The Morgan fingerprint density at radius 3 is 1.78 bits per heavy atom. The molecule has 1 aliphatic carbocycles. The second kappa shape index (κ2) is 6.28. The molecule has 0 bridgehead atoms. The molecule has 0 saturated heterocycles. The molecule has 0 radical (unpaired) electrons. The van der Waals surface area contributed by atoms with Gasteiger partial charge < -0.3 is 5.11 Å². The Bertz CT molecular complexity index is 835. The summed E-state index contributed by atoms with van der Waals surface area (Å²) in [7, 11) is -3.66. The Labute approximate surface area is 136 Å². The average molecular weight is 329 g/mol. The smallest absolute Gasteiger partial charge is 0.238 e. The van der Waals surface area contributed by atoms with Crippen LogP contribution in [0.4, 0.5) is 0 Å². The van der Waals surface area contributed by atoms with Crippen molar-refractivity contribution in [2.24, 2.45) is 5.14 Å². The van der Waals surface area contributed by atoms with Crippen LogP contribution in [0.1, 0.15) is 36.0 Å². The van der Waals surface area contributed by atoms with Crippen LogP contribution in [0, 0.1) is 0 Å². The monoisotopic (exact) mass is 329 g/mol. The zero-order valence-electron chi connectivity index (χ0n) is 12.7. The lowest BCUT2D eigenvalue weighted by atomic mass is 9.96. The first-order chi connectivity index (χ1) is 11.0. The summed E-state index contributed by atoms with van der Waals surface area (Å²) in [5.41, 5.74) is 5.63. The van der Waals surface area contributed by atoms with Crippen LogP contribution in [-0.2, 0) is 16.6 Å². The third kappa shape index (κ3) is 3.37. The number of rotatable bonds is 4. The fraction of sp³-hybridized carbons (Fsp3) is 0.222. The van der Waals surface area contributed by atoms with E-state index in [4.69, 9.17) is 10.2 Å². The number of hydrogen-bond donors (Lipinski definition) is 2. The van der Waals surface area contributed by atoms with Gasteiger partial charge in [0.15, 0.2) is 0 Å². The molecule has 0 fully saturated rings. The lowest BCUT2D eigenvalue weighted by molar-refractivity contribution is 0.282. The molecule has 0 unspecified atom stereocenters. The third-order valence-electron chi connectivity index (χ3n) is 4.23. The molecule has 0 spiro atoms. The van der Waals surface area contributed by atoms with Gasteiger partial charge in [0.05, 0.1) is 11.5 Å². The maximum Gasteiger partial charge on any atom is 0.238 e. The highest BCUT2D eigenvalue weighted by molar-refractivity contribution is 7.89. The van der Waals surface area contributed by atoms with E-state index in [-0.39, 0.29) is 11.5 Å². The first kappa shape index (κ1) is 15.9. The molecule has 4 nitrogen and oxygen atoms in total. The van der Waals surface area contributed by atoms with E-state index in [0.29, 0.717) is 0 Å². The number of aliphatic hydroxyl groups is 1. The zero-order chi connectivity index (χ0) is 16.4. The van der Waals surface area contributed by atoms with Gasteiger partial charge in [-0.1, -0.05) is 36.4 Å². The summed E-state index contributed by atoms with van der Waals surface area (Å²) < 4.78 is 22.7. The normalized spacial score (nSPS) is 15.2. The number of sulfonamides is 1. The van der Waals surface area contributed by atoms with Gasteiger partial charge >= 0.3 is 0 Å². The number of benzene rings is 2. The van der Waals surface area contributed by atoms with Gasteiger partial charge in [0.25, 0.3) is 0 Å². The van der Waals surface area contributed by atoms with E-state index in [1.807, 2.05) is 36.4 Å². The summed E-state index contributed by atoms with van der Waals surface area (Å²) in [6, 6.07) is 14.7. The van der Waals surface area contributed by atoms with Crippen molar-refractivity contribution in [3.8, 4) is 0 Å². The van der Waals surface area contributed by atoms with Gasteiger partial charge in [-0.15, -0.1) is 0 Å². The van der Waals surface area contributed by atoms with Crippen LogP contribution in [0.3, 0.4) is 0 Å². The highest BCUT2D eigenvalue weighted by Crippen LogP contribution is 2.39. The van der Waals surface area contributed by atoms with Crippen LogP contribution in [-0.4, -0.2) is 13.5 Å². The van der Waals surface area contributed by atoms with Gasteiger partial charge in [0.1, 0.15) is 0 Å². The fourth-order valence-corrected chi connectivity index (χ4v) is 3.55. The molecule has 3 rings (SSSR count). The highest BCUT2D eigenvalue weighted by Gasteiger charge is 2.18. The minimum Gasteiger partial charge on any atom is -0.392 e. The molecule has 23 heavy (non-hydrogen) atoms. The zero-order valence-corrected chi connectivity index (χ0v) is 13.5. The van der Waals surface area contributed by atoms with Gasteiger partial charge in [-0.05, 0) is 59.2 Å². The van der Waals surface area contributed by atoms with E-state index < -0.39 is 10.0 Å². The Kier molecular flexibility index (Phi) is 4.35. The maximum absolute atomic E-state index is 11.4. The lowest BCUT2D eigenvalue weighted by Gasteiger charge is -2.10. The summed E-state index contributed by atoms with van der Waals surface area (Å²) in [6.07, 6.45) is 3.07. The first-order valence-electron chi connectivity index (χ1n) is 7.54. The van der Waals surface area contributed by atoms with E-state index in [2.05, 4.69) is 0 Å². The quantitative estimate of drug-likeness (QED) is 0.905. The molecule has 0 heterocycles. The van der Waals surface area contributed by atoms with Crippen LogP contribution in [0.25, 0.3) is 11.1 Å². The molecule has 1 aliphatic rings. The molecule has 0 aliphatic heterocycles. The molecule has 5 heteroatoms. The van der Waals surface area contributed by atoms with Crippen LogP contribution >= 0.6 is 0 Å². The summed E-state index contributed by atoms with van der Waals surface area (Å²) >= 11 is 0. The van der Waals surface area contributed by atoms with E-state index in [0.717, 1.165) is 36.0 Å². The second-order valence-corrected chi connectivity index (χ2v) is 7.30. The summed E-state index contributed by atoms with van der Waals surface area (Å²) in [5.74, 6) is 0. The fourth-order valence-electron chi connectivity index (χ4n) is 3.04. The van der Waals surface area contributed by atoms with Crippen molar-refractivity contribution in [3.63, 3.8) is 0 Å². The van der Waals surface area contributed by atoms with Gasteiger partial charge in [0, 0.05) is 0 Å². The third-order valence-corrected chi connectivity index (χ3v) is 5.16. The first-order valence-corrected chi connectivity index (χ1v) is 9.09. The second-order valence-electron chi connectivity index (χ2n) is 5.74. The van der Waals surface area contributed by atoms with Gasteiger partial charge in [-0.25, -0.2) is 13.6 Å². The van der Waals surface area contributed by atoms with Crippen molar-refractivity contribution < 1.29 is 13.5 Å². The standard InChI is InChI=1S/C18H19NO3S/c19-23(21,22)16-10-8-15(9-11-16)18-3-1-2-17(18)14-6-4-13(12-20)5-7-14/h4-11,20H,1-3,12H2,(H2,19,21,22). The Morgan fingerprint density at radius 2 is 1.35 bits per heavy atom. The van der Waals surface area contributed by atoms with Crippen LogP contribution in [0.2, 0.25) is 0 Å². The molecule has 2 aromatic rings.